The molecular formula is C15H24N2O3. The minimum atomic E-state index is -0.697. The highest BCUT2D eigenvalue weighted by molar-refractivity contribution is 5.77. The molecule has 5 nitrogen and oxygen atoms in total. The Balaban J connectivity index is 2.78. The van der Waals surface area contributed by atoms with Gasteiger partial charge in [0.1, 0.15) is 11.8 Å². The van der Waals surface area contributed by atoms with Crippen LogP contribution < -0.4 is 15.8 Å². The number of carbonyl (C=O) groups excluding carboxylic acids is 1. The maximum Gasteiger partial charge on any atom is 0.325 e. The summed E-state index contributed by atoms with van der Waals surface area (Å²) >= 11 is 0. The third kappa shape index (κ3) is 4.42. The van der Waals surface area contributed by atoms with Crippen LogP contribution in [0, 0.1) is 5.92 Å². The predicted octanol–water partition coefficient (Wildman–Crippen LogP) is 2.02. The van der Waals surface area contributed by atoms with Gasteiger partial charge >= 0.3 is 5.97 Å². The summed E-state index contributed by atoms with van der Waals surface area (Å²) in [6.07, 6.45) is 0. The molecule has 0 fully saturated rings. The van der Waals surface area contributed by atoms with E-state index in [0.29, 0.717) is 6.61 Å². The monoisotopic (exact) mass is 280 g/mol. The van der Waals surface area contributed by atoms with Gasteiger partial charge in [0.15, 0.2) is 0 Å². The van der Waals surface area contributed by atoms with Crippen molar-refractivity contribution in [2.24, 2.45) is 11.7 Å². The molecule has 0 aromatic heterocycles. The Morgan fingerprint density at radius 3 is 2.35 bits per heavy atom. The van der Waals surface area contributed by atoms with Gasteiger partial charge in [-0.15, -0.1) is 0 Å². The largest absolute Gasteiger partial charge is 0.497 e. The molecular weight excluding hydrogens is 256 g/mol. The SMILES string of the molecule is CCOC(=O)[C@H](N)[C@H](Nc1ccc(OC)cc1)C(C)C. The molecule has 112 valence electrons. The van der Waals surface area contributed by atoms with E-state index in [1.165, 1.54) is 0 Å². The van der Waals surface area contributed by atoms with Crippen molar-refractivity contribution in [2.45, 2.75) is 32.9 Å². The van der Waals surface area contributed by atoms with Crippen LogP contribution in [0.3, 0.4) is 0 Å². The van der Waals surface area contributed by atoms with E-state index in [-0.39, 0.29) is 17.9 Å². The fourth-order valence-electron chi connectivity index (χ4n) is 1.94. The lowest BCUT2D eigenvalue weighted by molar-refractivity contribution is -0.145. The van der Waals surface area contributed by atoms with Crippen LogP contribution in [0.25, 0.3) is 0 Å². The van der Waals surface area contributed by atoms with Gasteiger partial charge in [-0.2, -0.15) is 0 Å². The van der Waals surface area contributed by atoms with Crippen molar-refractivity contribution in [3.63, 3.8) is 0 Å². The van der Waals surface area contributed by atoms with Gasteiger partial charge < -0.3 is 20.5 Å². The van der Waals surface area contributed by atoms with Crippen LogP contribution in [0.4, 0.5) is 5.69 Å². The van der Waals surface area contributed by atoms with Crippen LogP contribution in [-0.2, 0) is 9.53 Å². The number of nitrogens with one attached hydrogen (secondary N) is 1. The predicted molar refractivity (Wildman–Crippen MR) is 79.9 cm³/mol. The summed E-state index contributed by atoms with van der Waals surface area (Å²) in [6.45, 7) is 6.13. The lowest BCUT2D eigenvalue weighted by atomic mass is 9.96. The standard InChI is InChI=1S/C15H24N2O3/c1-5-20-15(18)13(16)14(10(2)3)17-11-6-8-12(19-4)9-7-11/h6-10,13-14,17H,5,16H2,1-4H3/t13-,14-/m1/s1. The van der Waals surface area contributed by atoms with Crippen LogP contribution in [0.15, 0.2) is 24.3 Å². The molecule has 1 aromatic rings. The van der Waals surface area contributed by atoms with Crippen molar-refractivity contribution < 1.29 is 14.3 Å². The van der Waals surface area contributed by atoms with E-state index in [0.717, 1.165) is 11.4 Å². The first-order valence-electron chi connectivity index (χ1n) is 6.82. The van der Waals surface area contributed by atoms with Crippen LogP contribution >= 0.6 is 0 Å². The molecule has 1 aromatic carbocycles. The van der Waals surface area contributed by atoms with Gasteiger partial charge in [0.2, 0.25) is 0 Å². The lowest BCUT2D eigenvalue weighted by Gasteiger charge is -2.28. The summed E-state index contributed by atoms with van der Waals surface area (Å²) in [5, 5.41) is 3.29. The number of hydrogen-bond donors (Lipinski definition) is 2. The molecule has 0 radical (unpaired) electrons. The maximum atomic E-state index is 11.8. The van der Waals surface area contributed by atoms with Crippen LogP contribution in [-0.4, -0.2) is 31.8 Å². The van der Waals surface area contributed by atoms with Gasteiger partial charge in [0.25, 0.3) is 0 Å². The molecule has 5 heteroatoms. The van der Waals surface area contributed by atoms with E-state index < -0.39 is 6.04 Å². The highest BCUT2D eigenvalue weighted by Gasteiger charge is 2.28. The minimum Gasteiger partial charge on any atom is -0.497 e. The Labute approximate surface area is 120 Å². The Hall–Kier alpha value is -1.75. The zero-order chi connectivity index (χ0) is 15.1. The number of methoxy groups -OCH3 is 1. The highest BCUT2D eigenvalue weighted by Crippen LogP contribution is 2.19. The normalized spacial score (nSPS) is 13.7. The van der Waals surface area contributed by atoms with Crippen molar-refractivity contribution in [1.82, 2.24) is 0 Å². The summed E-state index contributed by atoms with van der Waals surface area (Å²) in [4.78, 5) is 11.8. The van der Waals surface area contributed by atoms with Gasteiger partial charge in [-0.05, 0) is 37.1 Å². The van der Waals surface area contributed by atoms with Crippen LogP contribution in [0.2, 0.25) is 0 Å². The maximum absolute atomic E-state index is 11.8. The average molecular weight is 280 g/mol. The third-order valence-electron chi connectivity index (χ3n) is 3.09. The van der Waals surface area contributed by atoms with E-state index in [1.54, 1.807) is 14.0 Å². The Kier molecular flexibility index (Phi) is 6.31. The Bertz CT molecular complexity index is 418. The molecule has 0 aliphatic rings. The molecule has 0 bridgehead atoms. The first-order chi connectivity index (χ1) is 9.49. The molecule has 0 amide bonds. The van der Waals surface area contributed by atoms with Crippen LogP contribution in [0.5, 0.6) is 5.75 Å². The van der Waals surface area contributed by atoms with Crippen LogP contribution in [0.1, 0.15) is 20.8 Å². The molecule has 20 heavy (non-hydrogen) atoms. The number of ether oxygens (including phenoxy) is 2. The topological polar surface area (TPSA) is 73.6 Å². The number of benzene rings is 1. The van der Waals surface area contributed by atoms with Gasteiger partial charge in [0.05, 0.1) is 19.8 Å². The lowest BCUT2D eigenvalue weighted by Crippen LogP contribution is -2.49. The fourth-order valence-corrected chi connectivity index (χ4v) is 1.94. The Morgan fingerprint density at radius 2 is 1.90 bits per heavy atom. The van der Waals surface area contributed by atoms with E-state index in [1.807, 2.05) is 38.1 Å². The minimum absolute atomic E-state index is 0.191. The second kappa shape index (κ2) is 7.75. The molecule has 0 spiro atoms. The zero-order valence-corrected chi connectivity index (χ0v) is 12.6. The molecule has 0 aliphatic heterocycles. The summed E-state index contributed by atoms with van der Waals surface area (Å²) in [5.41, 5.74) is 6.88. The van der Waals surface area contributed by atoms with Crippen molar-refractivity contribution in [3.8, 4) is 5.75 Å². The van der Waals surface area contributed by atoms with Gasteiger partial charge in [-0.25, -0.2) is 0 Å². The molecule has 0 saturated carbocycles. The van der Waals surface area contributed by atoms with E-state index in [9.17, 15) is 4.79 Å². The van der Waals surface area contributed by atoms with E-state index in [4.69, 9.17) is 15.2 Å². The fraction of sp³-hybridized carbons (Fsp3) is 0.533. The first kappa shape index (κ1) is 16.3. The summed E-state index contributed by atoms with van der Waals surface area (Å²) in [6, 6.07) is 6.61. The second-order valence-corrected chi connectivity index (χ2v) is 4.92. The molecule has 0 saturated heterocycles. The average Bonchev–Trinajstić information content (AvgIpc) is 2.44. The van der Waals surface area contributed by atoms with Crippen molar-refractivity contribution >= 4 is 11.7 Å². The number of esters is 1. The second-order valence-electron chi connectivity index (χ2n) is 4.92. The first-order valence-corrected chi connectivity index (χ1v) is 6.82. The van der Waals surface area contributed by atoms with E-state index in [2.05, 4.69) is 5.32 Å². The third-order valence-corrected chi connectivity index (χ3v) is 3.09. The zero-order valence-electron chi connectivity index (χ0n) is 12.6. The number of rotatable bonds is 7. The molecule has 0 heterocycles. The Morgan fingerprint density at radius 1 is 1.30 bits per heavy atom. The van der Waals surface area contributed by atoms with Crippen molar-refractivity contribution in [2.75, 3.05) is 19.0 Å². The van der Waals surface area contributed by atoms with Gasteiger partial charge in [0, 0.05) is 5.69 Å². The van der Waals surface area contributed by atoms with Crippen molar-refractivity contribution in [1.29, 1.82) is 0 Å². The smallest absolute Gasteiger partial charge is 0.325 e. The highest BCUT2D eigenvalue weighted by atomic mass is 16.5. The molecule has 2 atom stereocenters. The molecule has 0 aliphatic carbocycles. The quantitative estimate of drug-likeness (QED) is 0.748. The summed E-state index contributed by atoms with van der Waals surface area (Å²) in [5.74, 6) is 0.593. The number of nitrogens with two attached hydrogens (primary N) is 1. The molecule has 1 rings (SSSR count). The van der Waals surface area contributed by atoms with E-state index >= 15 is 0 Å². The number of carbonyl (C=O) groups is 1. The van der Waals surface area contributed by atoms with Crippen molar-refractivity contribution in [3.05, 3.63) is 24.3 Å². The van der Waals surface area contributed by atoms with Gasteiger partial charge in [-0.3, -0.25) is 4.79 Å². The summed E-state index contributed by atoms with van der Waals surface area (Å²) in [7, 11) is 1.62. The van der Waals surface area contributed by atoms with Gasteiger partial charge in [-0.1, -0.05) is 13.8 Å². The summed E-state index contributed by atoms with van der Waals surface area (Å²) < 4.78 is 10.1. The molecule has 3 N–H and O–H groups in total. The molecule has 0 unspecified atom stereocenters. The number of anilines is 1. The number of hydrogen-bond acceptors (Lipinski definition) is 5.